The predicted octanol–water partition coefficient (Wildman–Crippen LogP) is 3.50. The molecule has 0 radical (unpaired) electrons. The van der Waals surface area contributed by atoms with Crippen LogP contribution in [0.2, 0.25) is 0 Å². The van der Waals surface area contributed by atoms with Crippen LogP contribution in [0.5, 0.6) is 0 Å². The Labute approximate surface area is 139 Å². The van der Waals surface area contributed by atoms with Gasteiger partial charge in [-0.2, -0.15) is 5.10 Å². The lowest BCUT2D eigenvalue weighted by molar-refractivity contribution is -0.132. The molecule has 5 heteroatoms. The summed E-state index contributed by atoms with van der Waals surface area (Å²) < 4.78 is 3.24. The first-order valence-electron chi connectivity index (χ1n) is 8.03. The molecule has 1 aliphatic rings. The fraction of sp³-hybridized carbons (Fsp3) is 0.333. The molecular formula is C18H19N3OS. The Morgan fingerprint density at radius 2 is 2.22 bits per heavy atom. The zero-order valence-electron chi connectivity index (χ0n) is 12.9. The molecule has 1 saturated heterocycles. The quantitative estimate of drug-likeness (QED) is 0.739. The highest BCUT2D eigenvalue weighted by Crippen LogP contribution is 2.27. The number of hydrogen-bond donors (Lipinski definition) is 0. The number of carbonyl (C=O) groups is 1. The number of thiophene rings is 1. The second-order valence-electron chi connectivity index (χ2n) is 6.06. The molecule has 4 nitrogen and oxygen atoms in total. The molecule has 1 aromatic carbocycles. The average molecular weight is 325 g/mol. The van der Waals surface area contributed by atoms with Crippen LogP contribution in [0.1, 0.15) is 24.4 Å². The normalized spacial score (nSPS) is 18.4. The van der Waals surface area contributed by atoms with Gasteiger partial charge >= 0.3 is 0 Å². The molecule has 4 rings (SSSR count). The Hall–Kier alpha value is -2.14. The molecule has 1 amide bonds. The minimum atomic E-state index is 0.227. The maximum absolute atomic E-state index is 12.7. The van der Waals surface area contributed by atoms with E-state index < -0.39 is 0 Å². The molecule has 0 spiro atoms. The summed E-state index contributed by atoms with van der Waals surface area (Å²) in [6, 6.07) is 10.6. The minimum absolute atomic E-state index is 0.227. The van der Waals surface area contributed by atoms with E-state index in [-0.39, 0.29) is 5.91 Å². The van der Waals surface area contributed by atoms with Crippen LogP contribution in [0.25, 0.3) is 10.1 Å². The zero-order valence-corrected chi connectivity index (χ0v) is 13.7. The smallest absolute Gasteiger partial charge is 0.227 e. The number of likely N-dealkylation sites (tertiary alicyclic amines) is 1. The van der Waals surface area contributed by atoms with Gasteiger partial charge in [-0.05, 0) is 41.3 Å². The molecule has 118 valence electrons. The van der Waals surface area contributed by atoms with Gasteiger partial charge in [0.05, 0.1) is 12.5 Å². The van der Waals surface area contributed by atoms with Crippen LogP contribution in [0.4, 0.5) is 0 Å². The van der Waals surface area contributed by atoms with Crippen molar-refractivity contribution in [3.8, 4) is 0 Å². The molecule has 3 aromatic rings. The molecule has 3 heterocycles. The van der Waals surface area contributed by atoms with Gasteiger partial charge in [0.2, 0.25) is 5.91 Å². The number of piperidine rings is 1. The summed E-state index contributed by atoms with van der Waals surface area (Å²) in [6.45, 7) is 1.63. The van der Waals surface area contributed by atoms with Gasteiger partial charge in [0.25, 0.3) is 0 Å². The molecule has 1 atom stereocenters. The summed E-state index contributed by atoms with van der Waals surface area (Å²) in [5.74, 6) is 0.227. The van der Waals surface area contributed by atoms with Gasteiger partial charge in [-0.3, -0.25) is 9.48 Å². The Kier molecular flexibility index (Phi) is 3.87. The first-order valence-corrected chi connectivity index (χ1v) is 8.91. The molecule has 1 fully saturated rings. The summed E-state index contributed by atoms with van der Waals surface area (Å²) in [4.78, 5) is 14.7. The average Bonchev–Trinajstić information content (AvgIpc) is 3.25. The molecule has 0 aliphatic carbocycles. The molecule has 23 heavy (non-hydrogen) atoms. The molecule has 1 unspecified atom stereocenters. The Morgan fingerprint density at radius 1 is 1.30 bits per heavy atom. The maximum atomic E-state index is 12.7. The van der Waals surface area contributed by atoms with Gasteiger partial charge in [-0.25, -0.2) is 0 Å². The summed E-state index contributed by atoms with van der Waals surface area (Å²) in [5, 5.41) is 7.67. The first kappa shape index (κ1) is 14.5. The number of amides is 1. The van der Waals surface area contributed by atoms with E-state index in [1.54, 1.807) is 17.5 Å². The van der Waals surface area contributed by atoms with E-state index in [9.17, 15) is 4.79 Å². The van der Waals surface area contributed by atoms with Crippen molar-refractivity contribution in [1.29, 1.82) is 0 Å². The van der Waals surface area contributed by atoms with Gasteiger partial charge in [0, 0.05) is 30.2 Å². The lowest BCUT2D eigenvalue weighted by Gasteiger charge is -2.33. The van der Waals surface area contributed by atoms with Crippen LogP contribution in [0.15, 0.2) is 48.1 Å². The second kappa shape index (κ2) is 6.16. The Bertz CT molecular complexity index is 809. The number of benzene rings is 1. The van der Waals surface area contributed by atoms with E-state index >= 15 is 0 Å². The molecule has 0 N–H and O–H groups in total. The third-order valence-electron chi connectivity index (χ3n) is 4.55. The van der Waals surface area contributed by atoms with E-state index in [2.05, 4.69) is 22.6 Å². The topological polar surface area (TPSA) is 38.1 Å². The fourth-order valence-electron chi connectivity index (χ4n) is 3.34. The SMILES string of the molecule is O=C(Cc1csc2ccccc12)N1CCCC(n2cccn2)C1. The monoisotopic (exact) mass is 325 g/mol. The van der Waals surface area contributed by atoms with Crippen LogP contribution >= 0.6 is 11.3 Å². The van der Waals surface area contributed by atoms with Crippen molar-refractivity contribution >= 4 is 27.3 Å². The lowest BCUT2D eigenvalue weighted by Crippen LogP contribution is -2.41. The molecule has 1 aliphatic heterocycles. The van der Waals surface area contributed by atoms with Crippen LogP contribution in [0, 0.1) is 0 Å². The highest BCUT2D eigenvalue weighted by molar-refractivity contribution is 7.17. The highest BCUT2D eigenvalue weighted by atomic mass is 32.1. The van der Waals surface area contributed by atoms with Gasteiger partial charge in [0.1, 0.15) is 0 Å². The standard InChI is InChI=1S/C18H19N3OS/c22-18(11-14-13-23-17-7-2-1-6-16(14)17)20-9-3-5-15(12-20)21-10-4-8-19-21/h1-2,4,6-8,10,13,15H,3,5,9,11-12H2. The van der Waals surface area contributed by atoms with Gasteiger partial charge in [-0.15, -0.1) is 11.3 Å². The third-order valence-corrected chi connectivity index (χ3v) is 5.56. The van der Waals surface area contributed by atoms with Crippen LogP contribution in [-0.2, 0) is 11.2 Å². The van der Waals surface area contributed by atoms with Crippen molar-refractivity contribution in [2.75, 3.05) is 13.1 Å². The van der Waals surface area contributed by atoms with Crippen LogP contribution in [0.3, 0.4) is 0 Å². The van der Waals surface area contributed by atoms with E-state index in [1.165, 1.54) is 10.1 Å². The largest absolute Gasteiger partial charge is 0.340 e. The van der Waals surface area contributed by atoms with E-state index in [4.69, 9.17) is 0 Å². The fourth-order valence-corrected chi connectivity index (χ4v) is 4.30. The van der Waals surface area contributed by atoms with E-state index in [0.717, 1.165) is 31.5 Å². The number of carbonyl (C=O) groups excluding carboxylic acids is 1. The van der Waals surface area contributed by atoms with Gasteiger partial charge in [0.15, 0.2) is 0 Å². The summed E-state index contributed by atoms with van der Waals surface area (Å²) >= 11 is 1.72. The summed E-state index contributed by atoms with van der Waals surface area (Å²) in [5.41, 5.74) is 1.15. The predicted molar refractivity (Wildman–Crippen MR) is 92.6 cm³/mol. The van der Waals surface area contributed by atoms with Crippen molar-refractivity contribution in [3.05, 3.63) is 53.7 Å². The molecule has 0 saturated carbocycles. The zero-order chi connectivity index (χ0) is 15.6. The molecule has 0 bridgehead atoms. The second-order valence-corrected chi connectivity index (χ2v) is 6.97. The number of rotatable bonds is 3. The Morgan fingerprint density at radius 3 is 3.09 bits per heavy atom. The minimum Gasteiger partial charge on any atom is -0.340 e. The number of hydrogen-bond acceptors (Lipinski definition) is 3. The van der Waals surface area contributed by atoms with E-state index in [1.807, 2.05) is 34.0 Å². The van der Waals surface area contributed by atoms with Crippen molar-refractivity contribution in [2.45, 2.75) is 25.3 Å². The molecular weight excluding hydrogens is 306 g/mol. The maximum Gasteiger partial charge on any atom is 0.227 e. The van der Waals surface area contributed by atoms with Gasteiger partial charge in [-0.1, -0.05) is 18.2 Å². The molecule has 2 aromatic heterocycles. The third kappa shape index (κ3) is 2.88. The van der Waals surface area contributed by atoms with Crippen LogP contribution in [-0.4, -0.2) is 33.7 Å². The number of fused-ring (bicyclic) bond motifs is 1. The van der Waals surface area contributed by atoms with Crippen molar-refractivity contribution < 1.29 is 4.79 Å². The first-order chi connectivity index (χ1) is 11.3. The number of aromatic nitrogens is 2. The van der Waals surface area contributed by atoms with E-state index in [0.29, 0.717) is 12.5 Å². The number of nitrogens with zero attached hydrogens (tertiary/aromatic N) is 3. The Balaban J connectivity index is 1.48. The van der Waals surface area contributed by atoms with Crippen molar-refractivity contribution in [1.82, 2.24) is 14.7 Å². The summed E-state index contributed by atoms with van der Waals surface area (Å²) in [6.07, 6.45) is 6.42. The van der Waals surface area contributed by atoms with Crippen LogP contribution < -0.4 is 0 Å². The van der Waals surface area contributed by atoms with Crippen molar-refractivity contribution in [2.24, 2.45) is 0 Å². The van der Waals surface area contributed by atoms with Crippen molar-refractivity contribution in [3.63, 3.8) is 0 Å². The van der Waals surface area contributed by atoms with Gasteiger partial charge < -0.3 is 4.90 Å². The summed E-state index contributed by atoms with van der Waals surface area (Å²) in [7, 11) is 0. The highest BCUT2D eigenvalue weighted by Gasteiger charge is 2.25. The lowest BCUT2D eigenvalue weighted by atomic mass is 10.0.